The first-order valence-electron chi connectivity index (χ1n) is 11.0. The topological polar surface area (TPSA) is 57.7 Å². The number of rotatable bonds is 4. The summed E-state index contributed by atoms with van der Waals surface area (Å²) >= 11 is 0. The lowest BCUT2D eigenvalue weighted by Crippen LogP contribution is -2.45. The smallest absolute Gasteiger partial charge is 0.259 e. The van der Waals surface area contributed by atoms with Gasteiger partial charge in [-0.25, -0.2) is 0 Å². The van der Waals surface area contributed by atoms with Crippen LogP contribution in [0.2, 0.25) is 0 Å². The Morgan fingerprint density at radius 2 is 1.58 bits per heavy atom. The average molecular weight is 412 g/mol. The Balaban J connectivity index is 1.35. The fourth-order valence-corrected chi connectivity index (χ4v) is 6.10. The highest BCUT2D eigenvalue weighted by Gasteiger charge is 2.67. The molecule has 2 aromatic rings. The van der Waals surface area contributed by atoms with Gasteiger partial charge in [-0.2, -0.15) is 0 Å². The van der Waals surface area contributed by atoms with E-state index in [9.17, 15) is 14.4 Å². The number of anilines is 1. The van der Waals surface area contributed by atoms with E-state index in [1.165, 1.54) is 4.90 Å². The van der Waals surface area contributed by atoms with Crippen molar-refractivity contribution in [3.8, 4) is 0 Å². The third kappa shape index (κ3) is 2.72. The second-order valence-electron chi connectivity index (χ2n) is 9.34. The molecule has 0 unspecified atom stereocenters. The number of hydrogen-bond donors (Lipinski definition) is 0. The monoisotopic (exact) mass is 412 g/mol. The van der Waals surface area contributed by atoms with E-state index in [0.29, 0.717) is 23.1 Å². The highest BCUT2D eigenvalue weighted by Crippen LogP contribution is 2.65. The summed E-state index contributed by atoms with van der Waals surface area (Å²) in [6, 6.07) is 16.6. The van der Waals surface area contributed by atoms with Crippen molar-refractivity contribution in [3.63, 3.8) is 0 Å². The van der Waals surface area contributed by atoms with E-state index >= 15 is 0 Å². The van der Waals surface area contributed by atoms with Gasteiger partial charge in [-0.1, -0.05) is 42.5 Å². The summed E-state index contributed by atoms with van der Waals surface area (Å²) in [5.74, 6) is 0.535. The number of likely N-dealkylation sites (tertiary alicyclic amines) is 1. The molecule has 1 heterocycles. The van der Waals surface area contributed by atoms with Crippen LogP contribution < -0.4 is 4.90 Å². The first-order chi connectivity index (χ1) is 15.0. The number of imide groups is 1. The number of carbonyl (C=O) groups excluding carboxylic acids is 3. The van der Waals surface area contributed by atoms with E-state index in [0.717, 1.165) is 12.0 Å². The van der Waals surface area contributed by atoms with Gasteiger partial charge in [0.15, 0.2) is 0 Å². The van der Waals surface area contributed by atoms with Crippen molar-refractivity contribution in [2.45, 2.75) is 13.3 Å². The lowest BCUT2D eigenvalue weighted by Gasteiger charge is -2.37. The maximum Gasteiger partial charge on any atom is 0.259 e. The van der Waals surface area contributed by atoms with Crippen molar-refractivity contribution in [2.24, 2.45) is 35.5 Å². The predicted molar refractivity (Wildman–Crippen MR) is 116 cm³/mol. The molecule has 0 N–H and O–H groups in total. The maximum atomic E-state index is 13.4. The number of benzene rings is 2. The third-order valence-corrected chi connectivity index (χ3v) is 7.62. The van der Waals surface area contributed by atoms with Crippen molar-refractivity contribution < 1.29 is 14.4 Å². The molecule has 5 nitrogen and oxygen atoms in total. The van der Waals surface area contributed by atoms with Crippen LogP contribution >= 0.6 is 0 Å². The van der Waals surface area contributed by atoms with Crippen molar-refractivity contribution in [2.75, 3.05) is 11.6 Å². The molecular weight excluding hydrogens is 388 g/mol. The number of aryl methyl sites for hydroxylation is 1. The van der Waals surface area contributed by atoms with Gasteiger partial charge in [-0.05, 0) is 66.8 Å². The first-order valence-corrected chi connectivity index (χ1v) is 11.0. The highest BCUT2D eigenvalue weighted by molar-refractivity contribution is 6.09. The molecule has 5 aliphatic rings. The second kappa shape index (κ2) is 6.64. The molecule has 2 bridgehead atoms. The number of nitrogens with zero attached hydrogens (tertiary/aromatic N) is 2. The SMILES string of the molecule is Cc1cccc(N(CN2C(=O)[C@@H]3[C@H]4C=C[C@@H]([C@@H]5C[C@H]45)[C@@H]3C2=O)C(=O)c2ccccc2)c1. The van der Waals surface area contributed by atoms with Gasteiger partial charge in [-0.15, -0.1) is 0 Å². The number of allylic oxidation sites excluding steroid dienone is 2. The predicted octanol–water partition coefficient (Wildman–Crippen LogP) is 3.65. The Labute approximate surface area is 181 Å². The summed E-state index contributed by atoms with van der Waals surface area (Å²) in [4.78, 5) is 43.2. The van der Waals surface area contributed by atoms with Crippen LogP contribution in [-0.4, -0.2) is 29.3 Å². The molecule has 0 radical (unpaired) electrons. The molecular formula is C26H24N2O3. The van der Waals surface area contributed by atoms with E-state index in [1.54, 1.807) is 17.0 Å². The van der Waals surface area contributed by atoms with E-state index in [4.69, 9.17) is 0 Å². The molecule has 5 heteroatoms. The van der Waals surface area contributed by atoms with E-state index in [2.05, 4.69) is 12.2 Å². The van der Waals surface area contributed by atoms with Crippen LogP contribution in [0.25, 0.3) is 0 Å². The minimum atomic E-state index is -0.252. The molecule has 1 aliphatic heterocycles. The fourth-order valence-electron chi connectivity index (χ4n) is 6.10. The van der Waals surface area contributed by atoms with Crippen LogP contribution in [0.4, 0.5) is 5.69 Å². The van der Waals surface area contributed by atoms with Gasteiger partial charge in [0.25, 0.3) is 5.91 Å². The number of amides is 3. The van der Waals surface area contributed by atoms with Gasteiger partial charge in [0.1, 0.15) is 6.67 Å². The summed E-state index contributed by atoms with van der Waals surface area (Å²) < 4.78 is 0. The Hall–Kier alpha value is -3.21. The normalized spacial score (nSPS) is 32.1. The van der Waals surface area contributed by atoms with Gasteiger partial charge in [-0.3, -0.25) is 24.2 Å². The van der Waals surface area contributed by atoms with Crippen molar-refractivity contribution in [1.82, 2.24) is 4.90 Å². The number of carbonyl (C=O) groups is 3. The molecule has 156 valence electrons. The molecule has 3 fully saturated rings. The summed E-state index contributed by atoms with van der Waals surface area (Å²) in [5.41, 5.74) is 2.23. The molecule has 2 aromatic carbocycles. The van der Waals surface area contributed by atoms with Crippen LogP contribution in [0, 0.1) is 42.4 Å². The van der Waals surface area contributed by atoms with Crippen molar-refractivity contribution >= 4 is 23.4 Å². The molecule has 4 aliphatic carbocycles. The van der Waals surface area contributed by atoms with Gasteiger partial charge in [0.05, 0.1) is 11.8 Å². The Kier molecular flexibility index (Phi) is 3.98. The lowest BCUT2D eigenvalue weighted by molar-refractivity contribution is -0.140. The van der Waals surface area contributed by atoms with E-state index in [1.807, 2.05) is 49.4 Å². The quantitative estimate of drug-likeness (QED) is 0.569. The Morgan fingerprint density at radius 1 is 0.935 bits per heavy atom. The highest BCUT2D eigenvalue weighted by atomic mass is 16.2. The average Bonchev–Trinajstić information content (AvgIpc) is 3.57. The molecule has 0 aromatic heterocycles. The molecule has 2 saturated carbocycles. The molecule has 7 rings (SSSR count). The molecule has 3 amide bonds. The Bertz CT molecular complexity index is 1090. The van der Waals surface area contributed by atoms with Crippen molar-refractivity contribution in [1.29, 1.82) is 0 Å². The summed E-state index contributed by atoms with van der Waals surface area (Å²) in [6.07, 6.45) is 5.47. The van der Waals surface area contributed by atoms with Crippen LogP contribution in [0.15, 0.2) is 66.7 Å². The van der Waals surface area contributed by atoms with E-state index < -0.39 is 0 Å². The molecule has 31 heavy (non-hydrogen) atoms. The fraction of sp³-hybridized carbons (Fsp3) is 0.346. The first kappa shape index (κ1) is 18.6. The summed E-state index contributed by atoms with van der Waals surface area (Å²) in [5, 5.41) is 0. The summed E-state index contributed by atoms with van der Waals surface area (Å²) in [7, 11) is 0. The zero-order valence-electron chi connectivity index (χ0n) is 17.3. The number of hydrogen-bond acceptors (Lipinski definition) is 3. The zero-order chi connectivity index (χ0) is 21.3. The molecule has 6 atom stereocenters. The van der Waals surface area contributed by atoms with Crippen LogP contribution in [0.3, 0.4) is 0 Å². The second-order valence-corrected chi connectivity index (χ2v) is 9.34. The lowest BCUT2D eigenvalue weighted by atomic mass is 9.63. The van der Waals surface area contributed by atoms with Gasteiger partial charge in [0, 0.05) is 11.3 Å². The van der Waals surface area contributed by atoms with Gasteiger partial charge < -0.3 is 0 Å². The van der Waals surface area contributed by atoms with Crippen LogP contribution in [0.1, 0.15) is 22.3 Å². The Morgan fingerprint density at radius 3 is 2.19 bits per heavy atom. The molecule has 1 saturated heterocycles. The minimum absolute atomic E-state index is 0.0450. The summed E-state index contributed by atoms with van der Waals surface area (Å²) in [6.45, 7) is 1.92. The van der Waals surface area contributed by atoms with Crippen molar-refractivity contribution in [3.05, 3.63) is 77.9 Å². The third-order valence-electron chi connectivity index (χ3n) is 7.62. The maximum absolute atomic E-state index is 13.4. The van der Waals surface area contributed by atoms with Gasteiger partial charge >= 0.3 is 0 Å². The minimum Gasteiger partial charge on any atom is -0.290 e. The zero-order valence-corrected chi connectivity index (χ0v) is 17.3. The standard InChI is InChI=1S/C26H24N2O3/c1-15-6-5-9-17(12-15)27(24(29)16-7-3-2-4-8-16)14-28-25(30)22-18-10-11-19(21-13-20(18)21)23(22)26(28)31/h2-12,18-23H,13-14H2,1H3/t18-,19-,20-,21+,22-,23+/m0/s1. The van der Waals surface area contributed by atoms with Gasteiger partial charge in [0.2, 0.25) is 11.8 Å². The van der Waals surface area contributed by atoms with E-state index in [-0.39, 0.29) is 48.1 Å². The van der Waals surface area contributed by atoms with Crippen LogP contribution in [0.5, 0.6) is 0 Å². The molecule has 0 spiro atoms. The van der Waals surface area contributed by atoms with Crippen LogP contribution in [-0.2, 0) is 9.59 Å². The largest absolute Gasteiger partial charge is 0.290 e.